The minimum Gasteiger partial charge on any atom is -0.484 e. The van der Waals surface area contributed by atoms with Gasteiger partial charge in [-0.25, -0.2) is 0 Å². The van der Waals surface area contributed by atoms with Gasteiger partial charge in [-0.15, -0.1) is 0 Å². The smallest absolute Gasteiger partial charge is 0.258 e. The first-order chi connectivity index (χ1) is 8.68. The molecule has 1 aliphatic rings. The Balaban J connectivity index is 1.69. The summed E-state index contributed by atoms with van der Waals surface area (Å²) in [5.41, 5.74) is 0.0441. The van der Waals surface area contributed by atoms with Crippen LogP contribution in [0.3, 0.4) is 0 Å². The molecule has 0 aromatic heterocycles. The van der Waals surface area contributed by atoms with E-state index in [9.17, 15) is 4.79 Å². The average Bonchev–Trinajstić information content (AvgIpc) is 2.83. The predicted molar refractivity (Wildman–Crippen MR) is 70.6 cm³/mol. The van der Waals surface area contributed by atoms with E-state index in [4.69, 9.17) is 4.74 Å². The highest BCUT2D eigenvalue weighted by atomic mass is 16.5. The lowest BCUT2D eigenvalue weighted by Gasteiger charge is -2.24. The van der Waals surface area contributed by atoms with Gasteiger partial charge in [0.15, 0.2) is 6.61 Å². The number of rotatable bonds is 5. The average molecular weight is 248 g/mol. The molecule has 2 N–H and O–H groups in total. The second-order valence-corrected chi connectivity index (χ2v) is 4.97. The molecule has 2 rings (SSSR count). The number of para-hydroxylation sites is 1. The molecule has 98 valence electrons. The second-order valence-electron chi connectivity index (χ2n) is 4.97. The standard InChI is InChI=1S/C14H20N2O2/c1-14(8-5-9-16-14)11-15-13(17)10-18-12-6-3-2-4-7-12/h2-4,6-7,16H,5,8-11H2,1H3,(H,15,17). The molecule has 1 aliphatic heterocycles. The molecular weight excluding hydrogens is 228 g/mol. The van der Waals surface area contributed by atoms with Gasteiger partial charge in [0.05, 0.1) is 0 Å². The van der Waals surface area contributed by atoms with Crippen LogP contribution in [0.25, 0.3) is 0 Å². The largest absolute Gasteiger partial charge is 0.484 e. The fourth-order valence-electron chi connectivity index (χ4n) is 2.12. The Morgan fingerprint density at radius 1 is 1.44 bits per heavy atom. The van der Waals surface area contributed by atoms with E-state index in [0.717, 1.165) is 18.7 Å². The summed E-state index contributed by atoms with van der Waals surface area (Å²) in [4.78, 5) is 11.7. The van der Waals surface area contributed by atoms with E-state index in [1.165, 1.54) is 6.42 Å². The molecule has 1 atom stereocenters. The van der Waals surface area contributed by atoms with Crippen LogP contribution in [0.5, 0.6) is 5.75 Å². The SMILES string of the molecule is CC1(CNC(=O)COc2ccccc2)CCCN1. The van der Waals surface area contributed by atoms with E-state index >= 15 is 0 Å². The van der Waals surface area contributed by atoms with Crippen molar-refractivity contribution >= 4 is 5.91 Å². The zero-order valence-corrected chi connectivity index (χ0v) is 10.7. The summed E-state index contributed by atoms with van der Waals surface area (Å²) >= 11 is 0. The number of ether oxygens (including phenoxy) is 1. The quantitative estimate of drug-likeness (QED) is 0.826. The number of benzene rings is 1. The molecule has 4 heteroatoms. The third-order valence-corrected chi connectivity index (χ3v) is 3.25. The summed E-state index contributed by atoms with van der Waals surface area (Å²) in [6, 6.07) is 9.37. The van der Waals surface area contributed by atoms with Crippen molar-refractivity contribution in [2.75, 3.05) is 19.7 Å². The highest BCUT2D eigenvalue weighted by molar-refractivity contribution is 5.77. The molecule has 1 aromatic rings. The minimum atomic E-state index is -0.0752. The van der Waals surface area contributed by atoms with Crippen LogP contribution in [0, 0.1) is 0 Å². The van der Waals surface area contributed by atoms with Crippen LogP contribution in [-0.4, -0.2) is 31.1 Å². The van der Waals surface area contributed by atoms with Gasteiger partial charge < -0.3 is 15.4 Å². The number of hydrogen-bond acceptors (Lipinski definition) is 3. The van der Waals surface area contributed by atoms with Crippen LogP contribution in [0.1, 0.15) is 19.8 Å². The number of amides is 1. The molecule has 18 heavy (non-hydrogen) atoms. The third-order valence-electron chi connectivity index (χ3n) is 3.25. The highest BCUT2D eigenvalue weighted by Gasteiger charge is 2.28. The van der Waals surface area contributed by atoms with Gasteiger partial charge in [-0.1, -0.05) is 18.2 Å². The predicted octanol–water partition coefficient (Wildman–Crippen LogP) is 1.32. The first-order valence-corrected chi connectivity index (χ1v) is 6.38. The number of carbonyl (C=O) groups excluding carboxylic acids is 1. The van der Waals surface area contributed by atoms with E-state index in [2.05, 4.69) is 17.6 Å². The van der Waals surface area contributed by atoms with Crippen molar-refractivity contribution in [3.63, 3.8) is 0 Å². The molecule has 0 aliphatic carbocycles. The zero-order valence-electron chi connectivity index (χ0n) is 10.7. The van der Waals surface area contributed by atoms with Crippen LogP contribution >= 0.6 is 0 Å². The lowest BCUT2D eigenvalue weighted by Crippen LogP contribution is -2.48. The summed E-state index contributed by atoms with van der Waals surface area (Å²) in [6.07, 6.45) is 2.28. The van der Waals surface area contributed by atoms with Gasteiger partial charge in [0.2, 0.25) is 0 Å². The first-order valence-electron chi connectivity index (χ1n) is 6.38. The van der Waals surface area contributed by atoms with Crippen LogP contribution in [0.4, 0.5) is 0 Å². The Bertz CT molecular complexity index is 386. The number of carbonyl (C=O) groups is 1. The van der Waals surface area contributed by atoms with Crippen molar-refractivity contribution in [1.29, 1.82) is 0 Å². The number of nitrogens with one attached hydrogen (secondary N) is 2. The van der Waals surface area contributed by atoms with Gasteiger partial charge in [-0.3, -0.25) is 4.79 Å². The zero-order chi connectivity index (χ0) is 12.8. The summed E-state index contributed by atoms with van der Waals surface area (Å²) in [5.74, 6) is 0.645. The van der Waals surface area contributed by atoms with E-state index in [1.807, 2.05) is 30.3 Å². The molecule has 0 spiro atoms. The Morgan fingerprint density at radius 2 is 2.22 bits per heavy atom. The highest BCUT2D eigenvalue weighted by Crippen LogP contribution is 2.16. The molecule has 4 nitrogen and oxygen atoms in total. The summed E-state index contributed by atoms with van der Waals surface area (Å²) in [7, 11) is 0. The van der Waals surface area contributed by atoms with Crippen LogP contribution in [-0.2, 0) is 4.79 Å². The molecule has 1 fully saturated rings. The Hall–Kier alpha value is -1.55. The van der Waals surface area contributed by atoms with Gasteiger partial charge in [0, 0.05) is 12.1 Å². The van der Waals surface area contributed by atoms with E-state index in [1.54, 1.807) is 0 Å². The third kappa shape index (κ3) is 3.74. The van der Waals surface area contributed by atoms with E-state index in [-0.39, 0.29) is 18.1 Å². The summed E-state index contributed by atoms with van der Waals surface area (Å²) in [5, 5.41) is 6.32. The Kier molecular flexibility index (Phi) is 4.20. The lowest BCUT2D eigenvalue weighted by molar-refractivity contribution is -0.123. The fourth-order valence-corrected chi connectivity index (χ4v) is 2.12. The van der Waals surface area contributed by atoms with Crippen molar-refractivity contribution in [1.82, 2.24) is 10.6 Å². The topological polar surface area (TPSA) is 50.4 Å². The normalized spacial score (nSPS) is 22.7. The van der Waals surface area contributed by atoms with Crippen LogP contribution in [0.2, 0.25) is 0 Å². The van der Waals surface area contributed by atoms with Crippen molar-refractivity contribution < 1.29 is 9.53 Å². The molecule has 1 saturated heterocycles. The van der Waals surface area contributed by atoms with Gasteiger partial charge in [-0.05, 0) is 38.4 Å². The summed E-state index contributed by atoms with van der Waals surface area (Å²) < 4.78 is 5.38. The minimum absolute atomic E-state index is 0.0441. The second kappa shape index (κ2) is 5.87. The van der Waals surface area contributed by atoms with Gasteiger partial charge in [0.25, 0.3) is 5.91 Å². The van der Waals surface area contributed by atoms with Crippen molar-refractivity contribution in [3.05, 3.63) is 30.3 Å². The maximum absolute atomic E-state index is 11.7. The molecular formula is C14H20N2O2. The first kappa shape index (κ1) is 12.9. The van der Waals surface area contributed by atoms with E-state index < -0.39 is 0 Å². The maximum Gasteiger partial charge on any atom is 0.258 e. The fraction of sp³-hybridized carbons (Fsp3) is 0.500. The molecule has 1 amide bonds. The van der Waals surface area contributed by atoms with Gasteiger partial charge >= 0.3 is 0 Å². The van der Waals surface area contributed by atoms with Gasteiger partial charge in [-0.2, -0.15) is 0 Å². The van der Waals surface area contributed by atoms with Crippen molar-refractivity contribution in [2.24, 2.45) is 0 Å². The molecule has 0 saturated carbocycles. The molecule has 1 aromatic carbocycles. The van der Waals surface area contributed by atoms with E-state index in [0.29, 0.717) is 6.54 Å². The van der Waals surface area contributed by atoms with Crippen molar-refractivity contribution in [3.8, 4) is 5.75 Å². The van der Waals surface area contributed by atoms with Crippen LogP contribution in [0.15, 0.2) is 30.3 Å². The summed E-state index contributed by atoms with van der Waals surface area (Å²) in [6.45, 7) is 3.90. The van der Waals surface area contributed by atoms with Crippen molar-refractivity contribution in [2.45, 2.75) is 25.3 Å². The maximum atomic E-state index is 11.7. The molecule has 0 radical (unpaired) electrons. The van der Waals surface area contributed by atoms with Crippen LogP contribution < -0.4 is 15.4 Å². The molecule has 0 bridgehead atoms. The Morgan fingerprint density at radius 3 is 2.89 bits per heavy atom. The monoisotopic (exact) mass is 248 g/mol. The lowest BCUT2D eigenvalue weighted by atomic mass is 10.0. The molecule has 1 unspecified atom stereocenters. The Labute approximate surface area is 108 Å². The van der Waals surface area contributed by atoms with Gasteiger partial charge in [0.1, 0.15) is 5.75 Å². The molecule has 1 heterocycles. The number of hydrogen-bond donors (Lipinski definition) is 2.